The van der Waals surface area contributed by atoms with E-state index in [-0.39, 0.29) is 0 Å². The van der Waals surface area contributed by atoms with Crippen molar-refractivity contribution in [3.8, 4) is 0 Å². The quantitative estimate of drug-likeness (QED) is 0.582. The van der Waals surface area contributed by atoms with Gasteiger partial charge in [0.05, 0.1) is 0 Å². The molecule has 0 aliphatic rings. The summed E-state index contributed by atoms with van der Waals surface area (Å²) in [5.74, 6) is 0. The van der Waals surface area contributed by atoms with Crippen LogP contribution in [0.1, 0.15) is 5.56 Å². The van der Waals surface area contributed by atoms with E-state index in [1.807, 2.05) is 30.3 Å². The SMILES string of the molecule is O=S(=O)(Cl)[SiH2]CCc1ccccc1. The second-order valence-electron chi connectivity index (χ2n) is 2.83. The van der Waals surface area contributed by atoms with Crippen LogP contribution in [0.4, 0.5) is 0 Å². The monoisotopic (exact) mass is 234 g/mol. The van der Waals surface area contributed by atoms with Crippen molar-refractivity contribution in [1.82, 2.24) is 0 Å². The molecule has 0 heterocycles. The fourth-order valence-electron chi connectivity index (χ4n) is 1.09. The third kappa shape index (κ3) is 5.08. The van der Waals surface area contributed by atoms with Gasteiger partial charge in [0.2, 0.25) is 0 Å². The molecule has 72 valence electrons. The van der Waals surface area contributed by atoms with E-state index >= 15 is 0 Å². The van der Waals surface area contributed by atoms with Gasteiger partial charge in [-0.1, -0.05) is 30.3 Å². The summed E-state index contributed by atoms with van der Waals surface area (Å²) in [5.41, 5.74) is 1.18. The van der Waals surface area contributed by atoms with E-state index in [1.165, 1.54) is 5.56 Å². The minimum atomic E-state index is -3.18. The van der Waals surface area contributed by atoms with Gasteiger partial charge in [0.25, 0.3) is 0 Å². The van der Waals surface area contributed by atoms with Crippen LogP contribution in [0.2, 0.25) is 6.04 Å². The van der Waals surface area contributed by atoms with Gasteiger partial charge in [0, 0.05) is 10.7 Å². The summed E-state index contributed by atoms with van der Waals surface area (Å²) < 4.78 is 21.3. The minimum Gasteiger partial charge on any atom is -0.221 e. The Balaban J connectivity index is 2.37. The van der Waals surface area contributed by atoms with E-state index in [1.54, 1.807) is 0 Å². The van der Waals surface area contributed by atoms with Crippen molar-refractivity contribution in [2.24, 2.45) is 0 Å². The van der Waals surface area contributed by atoms with Crippen molar-refractivity contribution in [1.29, 1.82) is 0 Å². The van der Waals surface area contributed by atoms with E-state index in [4.69, 9.17) is 10.7 Å². The zero-order valence-electron chi connectivity index (χ0n) is 7.11. The van der Waals surface area contributed by atoms with E-state index < -0.39 is 17.2 Å². The van der Waals surface area contributed by atoms with Crippen LogP contribution < -0.4 is 0 Å². The molecular formula is C8H11ClO2SSi. The first-order valence-electron chi connectivity index (χ1n) is 4.04. The standard InChI is InChI=1S/C8H11ClO2SSi/c9-12(10,11)13-7-6-8-4-2-1-3-5-8/h1-5H,6-7,13H2. The van der Waals surface area contributed by atoms with E-state index in [0.29, 0.717) is 0 Å². The highest BCUT2D eigenvalue weighted by atomic mass is 35.7. The summed E-state index contributed by atoms with van der Waals surface area (Å²) in [7, 11) is 0.794. The molecule has 1 aromatic rings. The molecule has 0 fully saturated rings. The van der Waals surface area contributed by atoms with Gasteiger partial charge >= 0.3 is 0 Å². The Kier molecular flexibility index (Phi) is 3.96. The molecular weight excluding hydrogens is 224 g/mol. The summed E-state index contributed by atoms with van der Waals surface area (Å²) in [6, 6.07) is 10.6. The molecule has 5 heteroatoms. The molecule has 0 atom stereocenters. The van der Waals surface area contributed by atoms with Gasteiger partial charge < -0.3 is 0 Å². The molecule has 0 aliphatic heterocycles. The van der Waals surface area contributed by atoms with Crippen molar-refractivity contribution >= 4 is 27.9 Å². The lowest BCUT2D eigenvalue weighted by atomic mass is 10.2. The molecule has 1 aromatic carbocycles. The summed E-state index contributed by atoms with van der Waals surface area (Å²) in [6.45, 7) is 0. The first-order chi connectivity index (χ1) is 6.08. The van der Waals surface area contributed by atoms with Crippen LogP contribution in [0, 0.1) is 0 Å². The van der Waals surface area contributed by atoms with Crippen LogP contribution in [-0.2, 0) is 14.9 Å². The number of hydrogen-bond acceptors (Lipinski definition) is 2. The Morgan fingerprint density at radius 1 is 1.23 bits per heavy atom. The fraction of sp³-hybridized carbons (Fsp3) is 0.250. The van der Waals surface area contributed by atoms with Crippen LogP contribution in [0.25, 0.3) is 0 Å². The average Bonchev–Trinajstić information content (AvgIpc) is 2.04. The molecule has 0 bridgehead atoms. The Labute approximate surface area is 84.8 Å². The van der Waals surface area contributed by atoms with E-state index in [0.717, 1.165) is 12.5 Å². The maximum absolute atomic E-state index is 10.6. The molecule has 0 saturated heterocycles. The van der Waals surface area contributed by atoms with Gasteiger partial charge in [-0.05, 0) is 18.0 Å². The van der Waals surface area contributed by atoms with Gasteiger partial charge in [0.1, 0.15) is 0 Å². The normalized spacial score (nSPS) is 12.4. The van der Waals surface area contributed by atoms with E-state index in [9.17, 15) is 8.42 Å². The molecule has 0 spiro atoms. The highest BCUT2D eigenvalue weighted by Crippen LogP contribution is 2.05. The van der Waals surface area contributed by atoms with Gasteiger partial charge in [-0.25, -0.2) is 8.42 Å². The topological polar surface area (TPSA) is 34.1 Å². The zero-order chi connectivity index (χ0) is 9.73. The van der Waals surface area contributed by atoms with Crippen LogP contribution in [0.15, 0.2) is 30.3 Å². The molecule has 0 amide bonds. The maximum Gasteiger partial charge on any atom is 0.192 e. The highest BCUT2D eigenvalue weighted by Gasteiger charge is 2.05. The first kappa shape index (κ1) is 10.8. The lowest BCUT2D eigenvalue weighted by Gasteiger charge is -1.97. The lowest BCUT2D eigenvalue weighted by Crippen LogP contribution is -2.02. The molecule has 0 aromatic heterocycles. The number of aryl methyl sites for hydroxylation is 1. The second kappa shape index (κ2) is 4.79. The number of rotatable bonds is 4. The van der Waals surface area contributed by atoms with Gasteiger partial charge in [0.15, 0.2) is 17.2 Å². The smallest absolute Gasteiger partial charge is 0.192 e. The lowest BCUT2D eigenvalue weighted by molar-refractivity contribution is 0.620. The van der Waals surface area contributed by atoms with Crippen molar-refractivity contribution in [3.05, 3.63) is 35.9 Å². The number of halogens is 1. The van der Waals surface area contributed by atoms with Crippen molar-refractivity contribution in [2.75, 3.05) is 0 Å². The Morgan fingerprint density at radius 2 is 1.85 bits per heavy atom. The van der Waals surface area contributed by atoms with Crippen molar-refractivity contribution in [3.63, 3.8) is 0 Å². The number of benzene rings is 1. The zero-order valence-corrected chi connectivity index (χ0v) is 10.1. The first-order valence-corrected chi connectivity index (χ1v) is 9.25. The molecule has 0 saturated carbocycles. The van der Waals surface area contributed by atoms with E-state index in [2.05, 4.69) is 0 Å². The predicted molar refractivity (Wildman–Crippen MR) is 58.3 cm³/mol. The van der Waals surface area contributed by atoms with Crippen molar-refractivity contribution < 1.29 is 8.42 Å². The third-order valence-corrected chi connectivity index (χ3v) is 6.54. The summed E-state index contributed by atoms with van der Waals surface area (Å²) in [5, 5.41) is 0. The average molecular weight is 235 g/mol. The largest absolute Gasteiger partial charge is 0.221 e. The van der Waals surface area contributed by atoms with Gasteiger partial charge in [-0.2, -0.15) is 0 Å². The molecule has 0 radical (unpaired) electrons. The maximum atomic E-state index is 10.6. The van der Waals surface area contributed by atoms with Crippen LogP contribution >= 0.6 is 10.7 Å². The molecule has 0 unspecified atom stereocenters. The summed E-state index contributed by atoms with van der Waals surface area (Å²) >= 11 is 0. The predicted octanol–water partition coefficient (Wildman–Crippen LogP) is 1.30. The Morgan fingerprint density at radius 3 is 2.38 bits per heavy atom. The highest BCUT2D eigenvalue weighted by molar-refractivity contribution is 8.32. The fourth-order valence-corrected chi connectivity index (χ4v) is 4.44. The molecule has 0 aliphatic carbocycles. The van der Waals surface area contributed by atoms with Crippen LogP contribution in [0.5, 0.6) is 0 Å². The second-order valence-corrected chi connectivity index (χ2v) is 11.0. The summed E-state index contributed by atoms with van der Waals surface area (Å²) in [6.07, 6.45) is 0.818. The number of hydrogen-bond donors (Lipinski definition) is 0. The molecule has 0 N–H and O–H groups in total. The Bertz CT molecular complexity index is 350. The van der Waals surface area contributed by atoms with Crippen LogP contribution in [0.3, 0.4) is 0 Å². The molecule has 1 rings (SSSR count). The van der Waals surface area contributed by atoms with Crippen molar-refractivity contribution in [2.45, 2.75) is 12.5 Å². The minimum absolute atomic E-state index is 0.718. The van der Waals surface area contributed by atoms with Gasteiger partial charge in [-0.15, -0.1) is 0 Å². The molecule has 2 nitrogen and oxygen atoms in total. The summed E-state index contributed by atoms with van der Waals surface area (Å²) in [4.78, 5) is 0. The molecule has 13 heavy (non-hydrogen) atoms. The third-order valence-electron chi connectivity index (χ3n) is 1.70. The Hall–Kier alpha value is -0.323. The van der Waals surface area contributed by atoms with Gasteiger partial charge in [-0.3, -0.25) is 0 Å². The van der Waals surface area contributed by atoms with Crippen LogP contribution in [-0.4, -0.2) is 17.1 Å².